The average molecular weight is 640 g/mol. The number of nitrogens with zero attached hydrogens (tertiary/aromatic N) is 1. The zero-order chi connectivity index (χ0) is 32.8. The topological polar surface area (TPSA) is 18.1 Å². The highest BCUT2D eigenvalue weighted by Crippen LogP contribution is 2.49. The first kappa shape index (κ1) is 27.8. The van der Waals surface area contributed by atoms with Gasteiger partial charge in [0.25, 0.3) is 0 Å². The predicted molar refractivity (Wildman–Crippen MR) is 209 cm³/mol. The lowest BCUT2D eigenvalue weighted by atomic mass is 9.69. The molecule has 0 spiro atoms. The molecule has 8 aromatic rings. The van der Waals surface area contributed by atoms with Gasteiger partial charge in [0.1, 0.15) is 5.58 Å². The Labute approximate surface area is 290 Å². The van der Waals surface area contributed by atoms with Crippen LogP contribution < -0.4 is 0 Å². The van der Waals surface area contributed by atoms with Gasteiger partial charge in [-0.2, -0.15) is 0 Å². The average Bonchev–Trinajstić information content (AvgIpc) is 3.74. The van der Waals surface area contributed by atoms with E-state index in [1.54, 1.807) is 5.57 Å². The number of hydrogen-bond donors (Lipinski definition) is 0. The standard InChI is InChI=1S/C48H33NO/c1-2-15-36-34(13-1)35-14-3-4-16-37(35)42-28-32(23-25-38(36)42)30-11-9-12-31(27-30)33-24-26-45-43(29-33)39-17-5-7-20-44(39)49(45)46-21-10-19-41-40-18-6-8-22-47(40)50-48(41)46/h1-2,4-12,15-29,34H,3,13-14H2. The number of aromatic nitrogens is 1. The van der Waals surface area contributed by atoms with Crippen LogP contribution in [-0.4, -0.2) is 4.57 Å². The molecule has 2 nitrogen and oxygen atoms in total. The van der Waals surface area contributed by atoms with Crippen LogP contribution >= 0.6 is 0 Å². The van der Waals surface area contributed by atoms with Crippen LogP contribution in [0.25, 0.3) is 82.8 Å². The number of rotatable bonds is 3. The van der Waals surface area contributed by atoms with Gasteiger partial charge < -0.3 is 8.98 Å². The largest absolute Gasteiger partial charge is 0.454 e. The molecule has 0 aliphatic heterocycles. The minimum atomic E-state index is 0.522. The summed E-state index contributed by atoms with van der Waals surface area (Å²) in [7, 11) is 0. The van der Waals surface area contributed by atoms with Gasteiger partial charge in [-0.3, -0.25) is 0 Å². The Balaban J connectivity index is 1.04. The second-order valence-electron chi connectivity index (χ2n) is 13.9. The normalized spacial score (nSPS) is 16.6. The monoisotopic (exact) mass is 639 g/mol. The molecule has 236 valence electrons. The molecule has 0 radical (unpaired) electrons. The molecule has 3 aliphatic rings. The molecule has 1 atom stereocenters. The van der Waals surface area contributed by atoms with E-state index in [0.29, 0.717) is 5.92 Å². The van der Waals surface area contributed by atoms with Crippen molar-refractivity contribution in [2.45, 2.75) is 19.3 Å². The second-order valence-corrected chi connectivity index (χ2v) is 13.9. The number of fused-ring (bicyclic) bond motifs is 11. The number of furan rings is 1. The third-order valence-corrected chi connectivity index (χ3v) is 11.2. The number of benzene rings is 6. The van der Waals surface area contributed by atoms with E-state index in [0.717, 1.165) is 46.9 Å². The van der Waals surface area contributed by atoms with Crippen LogP contribution in [0.1, 0.15) is 30.4 Å². The summed E-state index contributed by atoms with van der Waals surface area (Å²) in [5.41, 5.74) is 17.5. The Hall–Kier alpha value is -6.12. The quantitative estimate of drug-likeness (QED) is 0.188. The van der Waals surface area contributed by atoms with Gasteiger partial charge in [0.2, 0.25) is 0 Å². The lowest BCUT2D eigenvalue weighted by molar-refractivity contribution is 0.666. The van der Waals surface area contributed by atoms with Crippen LogP contribution in [0.2, 0.25) is 0 Å². The van der Waals surface area contributed by atoms with Crippen LogP contribution in [0.5, 0.6) is 0 Å². The third kappa shape index (κ3) is 4.02. The van der Waals surface area contributed by atoms with Crippen LogP contribution in [-0.2, 0) is 0 Å². The van der Waals surface area contributed by atoms with Crippen molar-refractivity contribution in [3.63, 3.8) is 0 Å². The van der Waals surface area contributed by atoms with E-state index < -0.39 is 0 Å². The van der Waals surface area contributed by atoms with Crippen molar-refractivity contribution >= 4 is 54.9 Å². The van der Waals surface area contributed by atoms with Gasteiger partial charge >= 0.3 is 0 Å². The van der Waals surface area contributed by atoms with Crippen molar-refractivity contribution in [2.75, 3.05) is 0 Å². The molecular formula is C48H33NO. The van der Waals surface area contributed by atoms with Gasteiger partial charge in [-0.1, -0.05) is 121 Å². The van der Waals surface area contributed by atoms with Gasteiger partial charge in [-0.15, -0.1) is 0 Å². The fraction of sp³-hybridized carbons (Fsp3) is 0.0833. The molecule has 6 aromatic carbocycles. The zero-order valence-electron chi connectivity index (χ0n) is 27.6. The van der Waals surface area contributed by atoms with E-state index in [4.69, 9.17) is 4.42 Å². The zero-order valence-corrected chi connectivity index (χ0v) is 27.6. The number of para-hydroxylation sites is 3. The molecule has 3 aliphatic carbocycles. The van der Waals surface area contributed by atoms with Crippen molar-refractivity contribution in [1.82, 2.24) is 4.57 Å². The Morgan fingerprint density at radius 3 is 2.28 bits per heavy atom. The Morgan fingerprint density at radius 1 is 0.580 bits per heavy atom. The van der Waals surface area contributed by atoms with Gasteiger partial charge in [0.15, 0.2) is 5.58 Å². The van der Waals surface area contributed by atoms with Crippen LogP contribution in [0.15, 0.2) is 168 Å². The molecule has 0 N–H and O–H groups in total. The van der Waals surface area contributed by atoms with Crippen LogP contribution in [0.4, 0.5) is 0 Å². The molecular weight excluding hydrogens is 607 g/mol. The van der Waals surface area contributed by atoms with E-state index in [1.807, 2.05) is 6.07 Å². The fourth-order valence-electron chi connectivity index (χ4n) is 8.94. The summed E-state index contributed by atoms with van der Waals surface area (Å²) in [6.07, 6.45) is 15.1. The third-order valence-electron chi connectivity index (χ3n) is 11.2. The second kappa shape index (κ2) is 10.7. The summed E-state index contributed by atoms with van der Waals surface area (Å²) in [6, 6.07) is 46.6. The first-order valence-corrected chi connectivity index (χ1v) is 17.8. The van der Waals surface area contributed by atoms with Crippen molar-refractivity contribution in [3.05, 3.63) is 174 Å². The molecule has 0 fully saturated rings. The summed E-state index contributed by atoms with van der Waals surface area (Å²) >= 11 is 0. The molecule has 11 rings (SSSR count). The smallest absolute Gasteiger partial charge is 0.159 e. The Kier molecular flexibility index (Phi) is 5.94. The van der Waals surface area contributed by atoms with E-state index in [2.05, 4.69) is 156 Å². The summed E-state index contributed by atoms with van der Waals surface area (Å²) in [6.45, 7) is 0. The molecule has 50 heavy (non-hydrogen) atoms. The minimum Gasteiger partial charge on any atom is -0.454 e. The SMILES string of the molecule is C1=CCC2C(=C1)c1ccc(-c3cccc(-c4ccc5c(c4)c4ccccc4n5-c4cccc5c4oc4ccccc45)c3)cc1C1=C2CCC=C1. The first-order valence-electron chi connectivity index (χ1n) is 17.8. The summed E-state index contributed by atoms with van der Waals surface area (Å²) in [5.74, 6) is 0.522. The predicted octanol–water partition coefficient (Wildman–Crippen LogP) is 13.1. The first-order chi connectivity index (χ1) is 24.8. The lowest BCUT2D eigenvalue weighted by Gasteiger charge is -2.35. The maximum Gasteiger partial charge on any atom is 0.159 e. The Morgan fingerprint density at radius 2 is 1.34 bits per heavy atom. The molecule has 2 heteroatoms. The molecule has 0 saturated heterocycles. The maximum absolute atomic E-state index is 6.51. The Bertz CT molecular complexity index is 2850. The highest BCUT2D eigenvalue weighted by atomic mass is 16.3. The van der Waals surface area contributed by atoms with Crippen molar-refractivity contribution in [2.24, 2.45) is 5.92 Å². The molecule has 0 amide bonds. The van der Waals surface area contributed by atoms with Gasteiger partial charge in [-0.05, 0) is 106 Å². The van der Waals surface area contributed by atoms with Crippen LogP contribution in [0.3, 0.4) is 0 Å². The maximum atomic E-state index is 6.51. The summed E-state index contributed by atoms with van der Waals surface area (Å²) < 4.78 is 8.88. The van der Waals surface area contributed by atoms with Gasteiger partial charge in [0, 0.05) is 27.5 Å². The van der Waals surface area contributed by atoms with Crippen LogP contribution in [0, 0.1) is 5.92 Å². The molecule has 0 bridgehead atoms. The van der Waals surface area contributed by atoms with Gasteiger partial charge in [0.05, 0.1) is 16.7 Å². The van der Waals surface area contributed by atoms with Crippen molar-refractivity contribution in [1.29, 1.82) is 0 Å². The fourth-order valence-corrected chi connectivity index (χ4v) is 8.94. The molecule has 2 aromatic heterocycles. The van der Waals surface area contributed by atoms with Gasteiger partial charge in [-0.25, -0.2) is 0 Å². The van der Waals surface area contributed by atoms with E-state index >= 15 is 0 Å². The molecule has 1 unspecified atom stereocenters. The van der Waals surface area contributed by atoms with Crippen molar-refractivity contribution < 1.29 is 4.42 Å². The highest BCUT2D eigenvalue weighted by Gasteiger charge is 2.31. The summed E-state index contributed by atoms with van der Waals surface area (Å²) in [5, 5.41) is 4.75. The number of allylic oxidation sites excluding steroid dienone is 8. The molecule has 0 saturated carbocycles. The van der Waals surface area contributed by atoms with E-state index in [-0.39, 0.29) is 0 Å². The lowest BCUT2D eigenvalue weighted by Crippen LogP contribution is -2.17. The summed E-state index contributed by atoms with van der Waals surface area (Å²) in [4.78, 5) is 0. The van der Waals surface area contributed by atoms with E-state index in [1.165, 1.54) is 66.3 Å². The highest BCUT2D eigenvalue weighted by molar-refractivity contribution is 6.13. The van der Waals surface area contributed by atoms with E-state index in [9.17, 15) is 0 Å². The van der Waals surface area contributed by atoms with Crippen molar-refractivity contribution in [3.8, 4) is 27.9 Å². The number of hydrogen-bond acceptors (Lipinski definition) is 1. The minimum absolute atomic E-state index is 0.522. The molecule has 2 heterocycles.